The van der Waals surface area contributed by atoms with E-state index < -0.39 is 22.8 Å². The lowest BCUT2D eigenvalue weighted by molar-refractivity contribution is 0.0866. The fourth-order valence-electron chi connectivity index (χ4n) is 1.94. The third kappa shape index (κ3) is 1.60. The van der Waals surface area contributed by atoms with Crippen LogP contribution < -0.4 is 0 Å². The number of hydrogen-bond acceptors (Lipinski definition) is 2. The number of halogens is 2. The summed E-state index contributed by atoms with van der Waals surface area (Å²) in [7, 11) is -1.44. The van der Waals surface area contributed by atoms with Crippen molar-refractivity contribution in [2.24, 2.45) is 0 Å². The molecule has 0 aliphatic carbocycles. The van der Waals surface area contributed by atoms with Crippen LogP contribution in [-0.2, 0) is 11.0 Å². The Hall–Kier alpha value is -0.750. The van der Waals surface area contributed by atoms with Crippen LogP contribution in [-0.4, -0.2) is 20.7 Å². The summed E-state index contributed by atoms with van der Waals surface area (Å²) < 4.78 is 26.8. The predicted molar refractivity (Wildman–Crippen MR) is 62.8 cm³/mol. The average Bonchev–Trinajstić information content (AvgIpc) is 2.38. The minimum Gasteiger partial charge on any atom is -0.268 e. The van der Waals surface area contributed by atoms with Crippen molar-refractivity contribution in [1.82, 2.24) is 4.31 Å². The Morgan fingerprint density at radius 1 is 1.50 bits per heavy atom. The third-order valence-electron chi connectivity index (χ3n) is 2.57. The van der Waals surface area contributed by atoms with Gasteiger partial charge in [-0.2, -0.15) is 0 Å². The summed E-state index contributed by atoms with van der Waals surface area (Å²) in [4.78, 5) is 11.9. The van der Waals surface area contributed by atoms with Gasteiger partial charge in [-0.05, 0) is 19.1 Å². The second kappa shape index (κ2) is 3.92. The van der Waals surface area contributed by atoms with Gasteiger partial charge in [0.2, 0.25) is 0 Å². The molecular weight excluding hydrogens is 297 g/mol. The molecule has 0 saturated heterocycles. The summed E-state index contributed by atoms with van der Waals surface area (Å²) in [6, 6.07) is 2.39. The minimum absolute atomic E-state index is 0.287. The van der Waals surface area contributed by atoms with Gasteiger partial charge in [0.05, 0.1) is 6.04 Å². The van der Waals surface area contributed by atoms with E-state index in [-0.39, 0.29) is 11.5 Å². The van der Waals surface area contributed by atoms with E-state index in [1.807, 2.05) is 0 Å². The highest BCUT2D eigenvalue weighted by Crippen LogP contribution is 2.37. The summed E-state index contributed by atoms with van der Waals surface area (Å²) >= 11 is 3.13. The summed E-state index contributed by atoms with van der Waals surface area (Å²) in [5, 5.41) is 0. The number of benzene rings is 1. The zero-order valence-electron chi connectivity index (χ0n) is 8.66. The van der Waals surface area contributed by atoms with E-state index in [9.17, 15) is 13.4 Å². The van der Waals surface area contributed by atoms with E-state index in [1.165, 1.54) is 16.6 Å². The molecule has 0 fully saturated rings. The first-order chi connectivity index (χ1) is 7.43. The summed E-state index contributed by atoms with van der Waals surface area (Å²) in [5.41, 5.74) is 0.609. The molecule has 0 saturated carbocycles. The zero-order chi connectivity index (χ0) is 12.0. The number of amides is 1. The predicted octanol–water partition coefficient (Wildman–Crippen LogP) is 2.40. The van der Waals surface area contributed by atoms with Crippen molar-refractivity contribution in [2.45, 2.75) is 13.0 Å². The molecule has 1 aromatic rings. The Balaban J connectivity index is 2.64. The maximum atomic E-state index is 13.7. The lowest BCUT2D eigenvalue weighted by Gasteiger charge is -2.17. The smallest absolute Gasteiger partial charge is 0.266 e. The monoisotopic (exact) mass is 305 g/mol. The summed E-state index contributed by atoms with van der Waals surface area (Å²) in [6.45, 7) is 1.67. The number of rotatable bonds is 1. The molecule has 0 spiro atoms. The Morgan fingerprint density at radius 2 is 2.12 bits per heavy atom. The quantitative estimate of drug-likeness (QED) is 0.799. The number of nitrogens with zero attached hydrogens (tertiary/aromatic N) is 1. The highest BCUT2D eigenvalue weighted by molar-refractivity contribution is 9.10. The first-order valence-corrected chi connectivity index (χ1v) is 6.90. The van der Waals surface area contributed by atoms with Crippen LogP contribution in [0.5, 0.6) is 0 Å². The second-order valence-corrected chi connectivity index (χ2v) is 5.74. The van der Waals surface area contributed by atoms with Crippen molar-refractivity contribution in [3.63, 3.8) is 0 Å². The maximum Gasteiger partial charge on any atom is 0.266 e. The Kier molecular flexibility index (Phi) is 2.88. The van der Waals surface area contributed by atoms with Crippen LogP contribution in [0, 0.1) is 5.82 Å². The normalized spacial score (nSPS) is 21.1. The fourth-order valence-corrected chi connectivity index (χ4v) is 3.25. The number of fused-ring (bicyclic) bond motifs is 1. The van der Waals surface area contributed by atoms with Crippen LogP contribution in [0.25, 0.3) is 0 Å². The van der Waals surface area contributed by atoms with Gasteiger partial charge < -0.3 is 0 Å². The van der Waals surface area contributed by atoms with Gasteiger partial charge in [0.1, 0.15) is 16.8 Å². The fraction of sp³-hybridized carbons (Fsp3) is 0.300. The molecule has 1 aliphatic heterocycles. The van der Waals surface area contributed by atoms with Crippen LogP contribution in [0.4, 0.5) is 4.39 Å². The number of carbonyl (C=O) groups is 1. The molecular formula is C10H9BrFNO2S. The zero-order valence-corrected chi connectivity index (χ0v) is 11.1. The third-order valence-corrected chi connectivity index (χ3v) is 4.07. The van der Waals surface area contributed by atoms with Gasteiger partial charge in [-0.15, -0.1) is 0 Å². The summed E-state index contributed by atoms with van der Waals surface area (Å²) in [6.07, 6.45) is 1.41. The van der Waals surface area contributed by atoms with Crippen LogP contribution in [0.3, 0.4) is 0 Å². The minimum atomic E-state index is -1.44. The Bertz CT molecular complexity index is 506. The van der Waals surface area contributed by atoms with Gasteiger partial charge in [-0.25, -0.2) is 8.60 Å². The van der Waals surface area contributed by atoms with E-state index in [2.05, 4.69) is 15.9 Å². The number of carbonyl (C=O) groups excluding carboxylic acids is 1. The SMILES string of the molecule is C[C@@H]1c2c(F)cc(Br)cc2C(=O)N1[S@](C)=O. The van der Waals surface area contributed by atoms with Crippen LogP contribution in [0.2, 0.25) is 0 Å². The van der Waals surface area contributed by atoms with Crippen molar-refractivity contribution >= 4 is 32.8 Å². The average molecular weight is 306 g/mol. The van der Waals surface area contributed by atoms with Crippen molar-refractivity contribution in [3.8, 4) is 0 Å². The lowest BCUT2D eigenvalue weighted by atomic mass is 10.1. The van der Waals surface area contributed by atoms with E-state index in [1.54, 1.807) is 13.0 Å². The molecule has 1 heterocycles. The van der Waals surface area contributed by atoms with E-state index in [4.69, 9.17) is 0 Å². The standard InChI is InChI=1S/C10H9BrFNO2S/c1-5-9-7(3-6(11)4-8(9)12)10(14)13(5)16(2)15/h3-5H,1-2H3/t5-,16+/m1/s1. The Labute approximate surface area is 103 Å². The maximum absolute atomic E-state index is 13.7. The molecule has 0 N–H and O–H groups in total. The lowest BCUT2D eigenvalue weighted by Crippen LogP contribution is -2.28. The van der Waals surface area contributed by atoms with E-state index in [0.29, 0.717) is 10.0 Å². The second-order valence-electron chi connectivity index (χ2n) is 3.58. The first-order valence-electron chi connectivity index (χ1n) is 4.59. The molecule has 0 bridgehead atoms. The van der Waals surface area contributed by atoms with Crippen LogP contribution >= 0.6 is 15.9 Å². The highest BCUT2D eigenvalue weighted by Gasteiger charge is 2.38. The first kappa shape index (κ1) is 11.7. The van der Waals surface area contributed by atoms with Crippen LogP contribution in [0.1, 0.15) is 28.9 Å². The molecule has 1 aliphatic rings. The topological polar surface area (TPSA) is 37.4 Å². The molecule has 6 heteroatoms. The van der Waals surface area contributed by atoms with Crippen molar-refractivity contribution < 1.29 is 13.4 Å². The molecule has 1 aromatic carbocycles. The molecule has 2 rings (SSSR count). The number of hydrogen-bond donors (Lipinski definition) is 0. The van der Waals surface area contributed by atoms with Gasteiger partial charge in [-0.3, -0.25) is 9.10 Å². The van der Waals surface area contributed by atoms with Gasteiger partial charge in [0.25, 0.3) is 5.91 Å². The van der Waals surface area contributed by atoms with Gasteiger partial charge in [0, 0.05) is 21.9 Å². The summed E-state index contributed by atoms with van der Waals surface area (Å²) in [5.74, 6) is -0.832. The molecule has 1 amide bonds. The van der Waals surface area contributed by atoms with Crippen LogP contribution in [0.15, 0.2) is 16.6 Å². The highest BCUT2D eigenvalue weighted by atomic mass is 79.9. The van der Waals surface area contributed by atoms with Crippen molar-refractivity contribution in [3.05, 3.63) is 33.5 Å². The molecule has 86 valence electrons. The van der Waals surface area contributed by atoms with Gasteiger partial charge >= 0.3 is 0 Å². The van der Waals surface area contributed by atoms with Gasteiger partial charge in [0.15, 0.2) is 0 Å². The van der Waals surface area contributed by atoms with E-state index >= 15 is 0 Å². The van der Waals surface area contributed by atoms with Crippen molar-refractivity contribution in [2.75, 3.05) is 6.26 Å². The molecule has 0 radical (unpaired) electrons. The Morgan fingerprint density at radius 3 is 2.69 bits per heavy atom. The molecule has 16 heavy (non-hydrogen) atoms. The molecule has 0 unspecified atom stereocenters. The molecule has 2 atom stereocenters. The largest absolute Gasteiger partial charge is 0.268 e. The molecule has 3 nitrogen and oxygen atoms in total. The van der Waals surface area contributed by atoms with Gasteiger partial charge in [-0.1, -0.05) is 15.9 Å². The van der Waals surface area contributed by atoms with Crippen molar-refractivity contribution in [1.29, 1.82) is 0 Å². The van der Waals surface area contributed by atoms with E-state index in [0.717, 1.165) is 0 Å². The molecule has 0 aromatic heterocycles.